The molecule has 0 saturated carbocycles. The smallest absolute Gasteiger partial charge is 0.0954 e. The Kier molecular flexibility index (Phi) is 4.19. The summed E-state index contributed by atoms with van der Waals surface area (Å²) in [5.41, 5.74) is 2.65. The van der Waals surface area contributed by atoms with Crippen LogP contribution in [0.25, 0.3) is 0 Å². The maximum atomic E-state index is 4.28. The highest BCUT2D eigenvalue weighted by molar-refractivity contribution is 7.12. The van der Waals surface area contributed by atoms with Crippen molar-refractivity contribution in [3.8, 4) is 0 Å². The SMILES string of the molecule is CCNCc1cncn1C(C)c1cc(C)sc1C. The standard InChI is InChI=1S/C14H21N3S/c1-5-15-7-13-8-16-9-17(13)11(3)14-6-10(2)18-12(14)4/h6,8-9,11,15H,5,7H2,1-4H3. The second-order valence-corrected chi connectivity index (χ2v) is 6.08. The van der Waals surface area contributed by atoms with E-state index in [-0.39, 0.29) is 0 Å². The van der Waals surface area contributed by atoms with Gasteiger partial charge in [0.15, 0.2) is 0 Å². The Morgan fingerprint density at radius 1 is 1.44 bits per heavy atom. The first-order valence-electron chi connectivity index (χ1n) is 6.41. The van der Waals surface area contributed by atoms with E-state index >= 15 is 0 Å². The third kappa shape index (κ3) is 2.65. The van der Waals surface area contributed by atoms with Gasteiger partial charge in [-0.3, -0.25) is 0 Å². The Balaban J connectivity index is 2.25. The van der Waals surface area contributed by atoms with Gasteiger partial charge in [0.25, 0.3) is 0 Å². The molecule has 18 heavy (non-hydrogen) atoms. The number of nitrogens with zero attached hydrogens (tertiary/aromatic N) is 2. The molecule has 0 aromatic carbocycles. The molecule has 2 aromatic rings. The molecule has 0 spiro atoms. The molecule has 0 aliphatic rings. The summed E-state index contributed by atoms with van der Waals surface area (Å²) in [5.74, 6) is 0. The van der Waals surface area contributed by atoms with E-state index in [0.29, 0.717) is 6.04 Å². The van der Waals surface area contributed by atoms with Gasteiger partial charge in [-0.05, 0) is 38.9 Å². The van der Waals surface area contributed by atoms with Crippen LogP contribution in [-0.4, -0.2) is 16.1 Å². The Morgan fingerprint density at radius 2 is 2.22 bits per heavy atom. The zero-order chi connectivity index (χ0) is 13.1. The number of hydrogen-bond acceptors (Lipinski definition) is 3. The molecule has 0 bridgehead atoms. The number of imidazole rings is 1. The molecule has 0 aliphatic heterocycles. The number of aromatic nitrogens is 2. The van der Waals surface area contributed by atoms with Crippen LogP contribution in [-0.2, 0) is 6.54 Å². The molecule has 98 valence electrons. The Labute approximate surface area is 113 Å². The number of hydrogen-bond donors (Lipinski definition) is 1. The number of thiophene rings is 1. The number of aryl methyl sites for hydroxylation is 2. The summed E-state index contributed by atoms with van der Waals surface area (Å²) in [6, 6.07) is 2.65. The van der Waals surface area contributed by atoms with Gasteiger partial charge >= 0.3 is 0 Å². The summed E-state index contributed by atoms with van der Waals surface area (Å²) in [4.78, 5) is 7.07. The molecule has 4 heteroatoms. The Morgan fingerprint density at radius 3 is 2.83 bits per heavy atom. The van der Waals surface area contributed by atoms with Gasteiger partial charge in [0.1, 0.15) is 0 Å². The normalized spacial score (nSPS) is 12.9. The van der Waals surface area contributed by atoms with E-state index in [4.69, 9.17) is 0 Å². The van der Waals surface area contributed by atoms with Gasteiger partial charge in [0.2, 0.25) is 0 Å². The summed E-state index contributed by atoms with van der Waals surface area (Å²) in [6.45, 7) is 10.6. The van der Waals surface area contributed by atoms with Crippen LogP contribution in [0.2, 0.25) is 0 Å². The molecule has 2 heterocycles. The largest absolute Gasteiger partial charge is 0.326 e. The third-order valence-electron chi connectivity index (χ3n) is 3.25. The molecule has 1 N–H and O–H groups in total. The highest BCUT2D eigenvalue weighted by atomic mass is 32.1. The average Bonchev–Trinajstić information content (AvgIpc) is 2.92. The highest BCUT2D eigenvalue weighted by Gasteiger charge is 2.15. The van der Waals surface area contributed by atoms with E-state index in [1.807, 2.05) is 23.9 Å². The zero-order valence-electron chi connectivity index (χ0n) is 11.5. The van der Waals surface area contributed by atoms with Gasteiger partial charge < -0.3 is 9.88 Å². The van der Waals surface area contributed by atoms with Crippen molar-refractivity contribution in [2.75, 3.05) is 6.54 Å². The highest BCUT2D eigenvalue weighted by Crippen LogP contribution is 2.29. The van der Waals surface area contributed by atoms with E-state index in [9.17, 15) is 0 Å². The predicted octanol–water partition coefficient (Wildman–Crippen LogP) is 3.28. The number of rotatable bonds is 5. The minimum atomic E-state index is 0.353. The van der Waals surface area contributed by atoms with Gasteiger partial charge in [-0.15, -0.1) is 11.3 Å². The summed E-state index contributed by atoms with van der Waals surface area (Å²) < 4.78 is 2.26. The van der Waals surface area contributed by atoms with Crippen LogP contribution in [0, 0.1) is 13.8 Å². The molecule has 0 aliphatic carbocycles. The van der Waals surface area contributed by atoms with Crippen molar-refractivity contribution < 1.29 is 0 Å². The molecule has 3 nitrogen and oxygen atoms in total. The molecule has 1 unspecified atom stereocenters. The first-order chi connectivity index (χ1) is 8.63. The average molecular weight is 263 g/mol. The first kappa shape index (κ1) is 13.3. The van der Waals surface area contributed by atoms with Crippen LogP contribution in [0.5, 0.6) is 0 Å². The summed E-state index contributed by atoms with van der Waals surface area (Å²) in [6.07, 6.45) is 3.89. The van der Waals surface area contributed by atoms with Crippen molar-refractivity contribution in [2.24, 2.45) is 0 Å². The predicted molar refractivity (Wildman–Crippen MR) is 77.2 cm³/mol. The van der Waals surface area contributed by atoms with Crippen molar-refractivity contribution in [3.05, 3.63) is 39.6 Å². The minimum absolute atomic E-state index is 0.353. The molecular formula is C14H21N3S. The third-order valence-corrected chi connectivity index (χ3v) is 4.23. The lowest BCUT2D eigenvalue weighted by molar-refractivity contribution is 0.582. The van der Waals surface area contributed by atoms with Crippen molar-refractivity contribution in [3.63, 3.8) is 0 Å². The molecule has 0 amide bonds. The fraction of sp³-hybridized carbons (Fsp3) is 0.500. The van der Waals surface area contributed by atoms with E-state index in [1.165, 1.54) is 21.0 Å². The minimum Gasteiger partial charge on any atom is -0.326 e. The lowest BCUT2D eigenvalue weighted by Gasteiger charge is -2.17. The van der Waals surface area contributed by atoms with Crippen molar-refractivity contribution in [1.29, 1.82) is 0 Å². The van der Waals surface area contributed by atoms with E-state index in [1.54, 1.807) is 0 Å². The molecule has 0 radical (unpaired) electrons. The van der Waals surface area contributed by atoms with Crippen LogP contribution in [0.15, 0.2) is 18.6 Å². The van der Waals surface area contributed by atoms with Crippen molar-refractivity contribution in [1.82, 2.24) is 14.9 Å². The topological polar surface area (TPSA) is 29.9 Å². The van der Waals surface area contributed by atoms with Crippen molar-refractivity contribution >= 4 is 11.3 Å². The maximum absolute atomic E-state index is 4.28. The zero-order valence-corrected chi connectivity index (χ0v) is 12.3. The van der Waals surface area contributed by atoms with E-state index in [2.05, 4.69) is 48.6 Å². The van der Waals surface area contributed by atoms with E-state index < -0.39 is 0 Å². The molecule has 2 aromatic heterocycles. The second kappa shape index (κ2) is 5.67. The number of nitrogens with one attached hydrogen (secondary N) is 1. The fourth-order valence-corrected chi connectivity index (χ4v) is 3.30. The van der Waals surface area contributed by atoms with Crippen molar-refractivity contribution in [2.45, 2.75) is 40.3 Å². The maximum Gasteiger partial charge on any atom is 0.0954 e. The Hall–Kier alpha value is -1.13. The van der Waals surface area contributed by atoms with E-state index in [0.717, 1.165) is 13.1 Å². The molecular weight excluding hydrogens is 242 g/mol. The lowest BCUT2D eigenvalue weighted by atomic mass is 10.1. The van der Waals surface area contributed by atoms with Crippen LogP contribution >= 0.6 is 11.3 Å². The summed E-state index contributed by atoms with van der Waals surface area (Å²) in [5, 5.41) is 3.36. The monoisotopic (exact) mass is 263 g/mol. The van der Waals surface area contributed by atoms with Gasteiger partial charge in [0, 0.05) is 22.5 Å². The van der Waals surface area contributed by atoms with Gasteiger partial charge in [-0.2, -0.15) is 0 Å². The quantitative estimate of drug-likeness (QED) is 0.897. The summed E-state index contributed by atoms with van der Waals surface area (Å²) in [7, 11) is 0. The van der Waals surface area contributed by atoms with Crippen LogP contribution in [0.1, 0.15) is 40.9 Å². The van der Waals surface area contributed by atoms with Crippen LogP contribution in [0.3, 0.4) is 0 Å². The van der Waals surface area contributed by atoms with Gasteiger partial charge in [0.05, 0.1) is 18.1 Å². The van der Waals surface area contributed by atoms with Crippen LogP contribution < -0.4 is 5.32 Å². The second-order valence-electron chi connectivity index (χ2n) is 4.62. The molecule has 0 fully saturated rings. The fourth-order valence-electron chi connectivity index (χ4n) is 2.29. The molecule has 1 atom stereocenters. The first-order valence-corrected chi connectivity index (χ1v) is 7.23. The lowest BCUT2D eigenvalue weighted by Crippen LogP contribution is -2.17. The summed E-state index contributed by atoms with van der Waals surface area (Å²) >= 11 is 1.87. The van der Waals surface area contributed by atoms with Gasteiger partial charge in [-0.1, -0.05) is 6.92 Å². The Bertz CT molecular complexity index is 513. The molecule has 2 rings (SSSR count). The van der Waals surface area contributed by atoms with Crippen LogP contribution in [0.4, 0.5) is 0 Å². The van der Waals surface area contributed by atoms with Gasteiger partial charge in [-0.25, -0.2) is 4.98 Å². The molecule has 0 saturated heterocycles.